The second kappa shape index (κ2) is 3.92. The van der Waals surface area contributed by atoms with Gasteiger partial charge in [0.15, 0.2) is 0 Å². The molecule has 0 unspecified atom stereocenters. The summed E-state index contributed by atoms with van der Waals surface area (Å²) >= 11 is 0. The Labute approximate surface area is 83.5 Å². The molecule has 2 N–H and O–H groups in total. The third-order valence-corrected chi connectivity index (χ3v) is 2.73. The van der Waals surface area contributed by atoms with Crippen molar-refractivity contribution in [3.63, 3.8) is 0 Å². The zero-order valence-electron chi connectivity index (χ0n) is 8.36. The molecule has 0 amide bonds. The topological polar surface area (TPSA) is 61.0 Å². The summed E-state index contributed by atoms with van der Waals surface area (Å²) in [6, 6.07) is 0. The minimum Gasteiger partial charge on any atom is -0.481 e. The van der Waals surface area contributed by atoms with Crippen LogP contribution in [-0.4, -0.2) is 17.1 Å². The second-order valence-electron chi connectivity index (χ2n) is 3.59. The molecule has 0 saturated heterocycles. The van der Waals surface area contributed by atoms with Crippen molar-refractivity contribution < 1.29 is 4.74 Å². The lowest BCUT2D eigenvalue weighted by atomic mass is 9.85. The first-order valence-electron chi connectivity index (χ1n) is 4.95. The summed E-state index contributed by atoms with van der Waals surface area (Å²) in [5.74, 6) is 2.07. The lowest BCUT2D eigenvalue weighted by molar-refractivity contribution is 0.368. The number of methoxy groups -OCH3 is 1. The van der Waals surface area contributed by atoms with E-state index in [-0.39, 0.29) is 0 Å². The van der Waals surface area contributed by atoms with Gasteiger partial charge in [-0.3, -0.25) is 0 Å². The van der Waals surface area contributed by atoms with Crippen molar-refractivity contribution in [3.05, 3.63) is 17.6 Å². The lowest BCUT2D eigenvalue weighted by Gasteiger charge is -2.24. The first-order valence-corrected chi connectivity index (χ1v) is 4.95. The zero-order chi connectivity index (χ0) is 9.97. The van der Waals surface area contributed by atoms with Crippen LogP contribution in [0.1, 0.15) is 36.6 Å². The van der Waals surface area contributed by atoms with Crippen LogP contribution in [-0.2, 0) is 6.54 Å². The third kappa shape index (κ3) is 1.57. The molecule has 2 rings (SSSR count). The number of aromatic nitrogens is 2. The normalized spacial score (nSPS) is 16.4. The second-order valence-corrected chi connectivity index (χ2v) is 3.59. The van der Waals surface area contributed by atoms with Gasteiger partial charge in [-0.05, 0) is 12.8 Å². The molecular weight excluding hydrogens is 178 g/mol. The van der Waals surface area contributed by atoms with Crippen molar-refractivity contribution in [2.24, 2.45) is 5.73 Å². The molecule has 1 aromatic heterocycles. The van der Waals surface area contributed by atoms with E-state index < -0.39 is 0 Å². The highest BCUT2D eigenvalue weighted by Crippen LogP contribution is 2.34. The number of hydrogen-bond acceptors (Lipinski definition) is 4. The van der Waals surface area contributed by atoms with E-state index >= 15 is 0 Å². The molecule has 1 aliphatic carbocycles. The Bertz CT molecular complexity index is 323. The van der Waals surface area contributed by atoms with Crippen LogP contribution in [0.3, 0.4) is 0 Å². The lowest BCUT2D eigenvalue weighted by Crippen LogP contribution is -2.14. The van der Waals surface area contributed by atoms with Gasteiger partial charge in [0.1, 0.15) is 5.82 Å². The SMILES string of the molecule is COc1nc(C2CCC2)ncc1CN. The van der Waals surface area contributed by atoms with Crippen LogP contribution in [0.25, 0.3) is 0 Å². The monoisotopic (exact) mass is 193 g/mol. The van der Waals surface area contributed by atoms with E-state index in [1.165, 1.54) is 19.3 Å². The van der Waals surface area contributed by atoms with Gasteiger partial charge in [0.25, 0.3) is 0 Å². The number of nitrogens with two attached hydrogens (primary N) is 1. The Balaban J connectivity index is 2.26. The minimum atomic E-state index is 0.425. The van der Waals surface area contributed by atoms with Crippen LogP contribution < -0.4 is 10.5 Å². The summed E-state index contributed by atoms with van der Waals surface area (Å²) in [6.07, 6.45) is 5.46. The minimum absolute atomic E-state index is 0.425. The molecule has 4 heteroatoms. The van der Waals surface area contributed by atoms with Crippen LogP contribution in [0.5, 0.6) is 5.88 Å². The van der Waals surface area contributed by atoms with E-state index in [4.69, 9.17) is 10.5 Å². The van der Waals surface area contributed by atoms with Crippen LogP contribution in [0.2, 0.25) is 0 Å². The quantitative estimate of drug-likeness (QED) is 0.783. The first-order chi connectivity index (χ1) is 6.85. The maximum Gasteiger partial charge on any atom is 0.220 e. The molecule has 1 aromatic rings. The number of hydrogen-bond donors (Lipinski definition) is 1. The maximum absolute atomic E-state index is 5.54. The van der Waals surface area contributed by atoms with Gasteiger partial charge in [-0.25, -0.2) is 4.98 Å². The highest BCUT2D eigenvalue weighted by Gasteiger charge is 2.23. The largest absolute Gasteiger partial charge is 0.481 e. The van der Waals surface area contributed by atoms with Crippen molar-refractivity contribution in [2.75, 3.05) is 7.11 Å². The standard InChI is InChI=1S/C10H15N3O/c1-14-10-8(5-11)6-12-9(13-10)7-3-2-4-7/h6-7H,2-5,11H2,1H3. The highest BCUT2D eigenvalue weighted by atomic mass is 16.5. The van der Waals surface area contributed by atoms with Crippen LogP contribution >= 0.6 is 0 Å². The average molecular weight is 193 g/mol. The van der Waals surface area contributed by atoms with Crippen molar-refractivity contribution in [1.82, 2.24) is 9.97 Å². The Hall–Kier alpha value is -1.16. The van der Waals surface area contributed by atoms with E-state index in [0.717, 1.165) is 11.4 Å². The number of nitrogens with zero attached hydrogens (tertiary/aromatic N) is 2. The fraction of sp³-hybridized carbons (Fsp3) is 0.600. The summed E-state index contributed by atoms with van der Waals surface area (Å²) in [5, 5.41) is 0. The number of ether oxygens (including phenoxy) is 1. The predicted octanol–water partition coefficient (Wildman–Crippen LogP) is 1.21. The fourth-order valence-corrected chi connectivity index (χ4v) is 1.58. The van der Waals surface area contributed by atoms with E-state index in [9.17, 15) is 0 Å². The average Bonchev–Trinajstić information content (AvgIpc) is 2.15. The summed E-state index contributed by atoms with van der Waals surface area (Å²) in [5.41, 5.74) is 6.41. The maximum atomic E-state index is 5.54. The van der Waals surface area contributed by atoms with Gasteiger partial charge in [0.05, 0.1) is 7.11 Å². The van der Waals surface area contributed by atoms with Gasteiger partial charge in [-0.2, -0.15) is 4.98 Å². The zero-order valence-corrected chi connectivity index (χ0v) is 8.36. The van der Waals surface area contributed by atoms with Crippen molar-refractivity contribution >= 4 is 0 Å². The van der Waals surface area contributed by atoms with Crippen LogP contribution in [0.15, 0.2) is 6.20 Å². The summed E-state index contributed by atoms with van der Waals surface area (Å²) in [6.45, 7) is 0.425. The molecule has 0 aliphatic heterocycles. The van der Waals surface area contributed by atoms with E-state index in [1.54, 1.807) is 13.3 Å². The molecule has 1 fully saturated rings. The summed E-state index contributed by atoms with van der Waals surface area (Å²) in [7, 11) is 1.62. The molecule has 0 radical (unpaired) electrons. The van der Waals surface area contributed by atoms with Gasteiger partial charge >= 0.3 is 0 Å². The first kappa shape index (κ1) is 9.40. The third-order valence-electron chi connectivity index (χ3n) is 2.73. The Kier molecular flexibility index (Phi) is 2.63. The molecule has 0 spiro atoms. The molecule has 0 bridgehead atoms. The van der Waals surface area contributed by atoms with Crippen molar-refractivity contribution in [1.29, 1.82) is 0 Å². The van der Waals surface area contributed by atoms with Crippen molar-refractivity contribution in [3.8, 4) is 5.88 Å². The Morgan fingerprint density at radius 1 is 1.57 bits per heavy atom. The molecular formula is C10H15N3O. The molecule has 1 aliphatic rings. The molecule has 1 heterocycles. The van der Waals surface area contributed by atoms with Gasteiger partial charge in [-0.15, -0.1) is 0 Å². The van der Waals surface area contributed by atoms with E-state index in [2.05, 4.69) is 9.97 Å². The van der Waals surface area contributed by atoms with Crippen LogP contribution in [0, 0.1) is 0 Å². The summed E-state index contributed by atoms with van der Waals surface area (Å²) in [4.78, 5) is 8.68. The van der Waals surface area contributed by atoms with Gasteiger partial charge in [0, 0.05) is 24.2 Å². The van der Waals surface area contributed by atoms with Gasteiger partial charge in [-0.1, -0.05) is 6.42 Å². The smallest absolute Gasteiger partial charge is 0.220 e. The van der Waals surface area contributed by atoms with E-state index in [0.29, 0.717) is 18.3 Å². The molecule has 0 atom stereocenters. The molecule has 1 saturated carbocycles. The van der Waals surface area contributed by atoms with Gasteiger partial charge in [0.2, 0.25) is 5.88 Å². The highest BCUT2D eigenvalue weighted by molar-refractivity contribution is 5.24. The molecule has 4 nitrogen and oxygen atoms in total. The fourth-order valence-electron chi connectivity index (χ4n) is 1.58. The number of rotatable bonds is 3. The van der Waals surface area contributed by atoms with E-state index in [1.807, 2.05) is 0 Å². The van der Waals surface area contributed by atoms with Crippen molar-refractivity contribution in [2.45, 2.75) is 31.7 Å². The predicted molar refractivity (Wildman–Crippen MR) is 53.1 cm³/mol. The molecule has 14 heavy (non-hydrogen) atoms. The van der Waals surface area contributed by atoms with Gasteiger partial charge < -0.3 is 10.5 Å². The molecule has 0 aromatic carbocycles. The Morgan fingerprint density at radius 3 is 2.86 bits per heavy atom. The van der Waals surface area contributed by atoms with Crippen LogP contribution in [0.4, 0.5) is 0 Å². The molecule has 76 valence electrons. The summed E-state index contributed by atoms with van der Waals surface area (Å²) < 4.78 is 5.16. The Morgan fingerprint density at radius 2 is 2.36 bits per heavy atom.